The first kappa shape index (κ1) is 34.2. The summed E-state index contributed by atoms with van der Waals surface area (Å²) in [6, 6.07) is 3.93. The Morgan fingerprint density at radius 1 is 1.15 bits per heavy atom. The Hall–Kier alpha value is -3.02. The zero-order chi connectivity index (χ0) is 31.1. The van der Waals surface area contributed by atoms with Crippen LogP contribution in [0.25, 0.3) is 0 Å². The highest BCUT2D eigenvalue weighted by Gasteiger charge is 2.42. The first-order valence-electron chi connectivity index (χ1n) is 14.0. The Morgan fingerprint density at radius 2 is 1.80 bits per heavy atom. The molecule has 232 valence electrons. The number of carbonyl (C=O) groups is 1. The molecule has 2 unspecified atom stereocenters. The number of hydrogen-bond donors (Lipinski definition) is 5. The number of anilines is 2. The predicted octanol–water partition coefficient (Wildman–Crippen LogP) is 5.22. The van der Waals surface area contributed by atoms with Crippen molar-refractivity contribution in [1.82, 2.24) is 20.4 Å². The molecule has 12 heteroatoms. The van der Waals surface area contributed by atoms with Crippen LogP contribution in [0.3, 0.4) is 0 Å². The fraction of sp³-hybridized carbons (Fsp3) is 0.655. The standard InChI is InChI=1S/C29H47F4N7O/c1-18(2)37-27(41)21-10-9-11-25(21)40(8)26(34)22(29(31,32)33)15-35-19(3)38-20-12-13-24(23(30)14-20)36-16-28(4,5)17-39(6)7/h12-15,18-19,21,25,34-36,38H,9-11,16-17H2,1-8H3,(H,37,41)/t19?,21-,25?/m0/s1. The molecule has 0 bridgehead atoms. The van der Waals surface area contributed by atoms with E-state index in [0.29, 0.717) is 37.2 Å². The third-order valence-corrected chi connectivity index (χ3v) is 6.99. The number of amides is 1. The van der Waals surface area contributed by atoms with E-state index in [1.54, 1.807) is 19.1 Å². The lowest BCUT2D eigenvalue weighted by molar-refractivity contribution is -0.126. The molecule has 0 spiro atoms. The van der Waals surface area contributed by atoms with Crippen molar-refractivity contribution in [3.63, 3.8) is 0 Å². The van der Waals surface area contributed by atoms with Gasteiger partial charge in [-0.2, -0.15) is 13.2 Å². The third kappa shape index (κ3) is 10.4. The van der Waals surface area contributed by atoms with Crippen molar-refractivity contribution in [2.75, 3.05) is 44.9 Å². The van der Waals surface area contributed by atoms with E-state index >= 15 is 0 Å². The number of nitrogens with zero attached hydrogens (tertiary/aromatic N) is 2. The van der Waals surface area contributed by atoms with Gasteiger partial charge >= 0.3 is 6.18 Å². The quantitative estimate of drug-likeness (QED) is 0.0943. The van der Waals surface area contributed by atoms with Crippen LogP contribution in [0.5, 0.6) is 0 Å². The molecule has 1 aromatic carbocycles. The molecule has 1 aliphatic rings. The van der Waals surface area contributed by atoms with E-state index in [4.69, 9.17) is 5.41 Å². The zero-order valence-corrected chi connectivity index (χ0v) is 25.5. The average Bonchev–Trinajstić information content (AvgIpc) is 3.31. The summed E-state index contributed by atoms with van der Waals surface area (Å²) in [4.78, 5) is 15.9. The van der Waals surface area contributed by atoms with Gasteiger partial charge in [-0.1, -0.05) is 20.3 Å². The van der Waals surface area contributed by atoms with Crippen LogP contribution in [0.15, 0.2) is 30.0 Å². The highest BCUT2D eigenvalue weighted by atomic mass is 19.4. The second-order valence-corrected chi connectivity index (χ2v) is 12.3. The molecule has 1 aliphatic carbocycles. The molecule has 2 rings (SSSR count). The van der Waals surface area contributed by atoms with Crippen LogP contribution in [0.4, 0.5) is 28.9 Å². The number of alkyl halides is 3. The Labute approximate surface area is 241 Å². The van der Waals surface area contributed by atoms with Gasteiger partial charge in [0.25, 0.3) is 0 Å². The van der Waals surface area contributed by atoms with Crippen LogP contribution in [-0.2, 0) is 4.79 Å². The van der Waals surface area contributed by atoms with Crippen molar-refractivity contribution >= 4 is 23.1 Å². The van der Waals surface area contributed by atoms with Crippen LogP contribution in [0.2, 0.25) is 0 Å². The molecule has 0 aliphatic heterocycles. The Bertz CT molecular complexity index is 1070. The molecular formula is C29H47F4N7O. The van der Waals surface area contributed by atoms with Gasteiger partial charge in [-0.3, -0.25) is 10.2 Å². The summed E-state index contributed by atoms with van der Waals surface area (Å²) in [6.07, 6.45) is -2.97. The third-order valence-electron chi connectivity index (χ3n) is 6.99. The second kappa shape index (κ2) is 14.2. The van der Waals surface area contributed by atoms with Crippen LogP contribution in [-0.4, -0.2) is 80.2 Å². The molecule has 1 aromatic rings. The minimum atomic E-state index is -4.80. The molecule has 41 heavy (non-hydrogen) atoms. The largest absolute Gasteiger partial charge is 0.421 e. The van der Waals surface area contributed by atoms with E-state index in [1.807, 2.05) is 27.9 Å². The molecule has 0 aromatic heterocycles. The molecule has 0 radical (unpaired) electrons. The number of likely N-dealkylation sites (N-methyl/N-ethyl adjacent to an activating group) is 1. The van der Waals surface area contributed by atoms with Gasteiger partial charge in [0.2, 0.25) is 5.91 Å². The van der Waals surface area contributed by atoms with Gasteiger partial charge in [0.1, 0.15) is 17.2 Å². The van der Waals surface area contributed by atoms with E-state index < -0.39 is 41.5 Å². The molecule has 5 N–H and O–H groups in total. The number of benzene rings is 1. The van der Waals surface area contributed by atoms with Crippen molar-refractivity contribution in [2.24, 2.45) is 11.3 Å². The van der Waals surface area contributed by atoms with Crippen molar-refractivity contribution in [3.8, 4) is 0 Å². The minimum absolute atomic E-state index is 0.0847. The van der Waals surface area contributed by atoms with Crippen LogP contribution >= 0.6 is 0 Å². The van der Waals surface area contributed by atoms with E-state index in [2.05, 4.69) is 40.0 Å². The predicted molar refractivity (Wildman–Crippen MR) is 157 cm³/mol. The molecule has 3 atom stereocenters. The van der Waals surface area contributed by atoms with E-state index in [1.165, 1.54) is 18.0 Å². The lowest BCUT2D eigenvalue weighted by atomic mass is 9.93. The summed E-state index contributed by atoms with van der Waals surface area (Å²) in [6.45, 7) is 10.8. The minimum Gasteiger partial charge on any atom is -0.382 e. The van der Waals surface area contributed by atoms with Gasteiger partial charge in [0.15, 0.2) is 0 Å². The molecule has 1 saturated carbocycles. The summed E-state index contributed by atoms with van der Waals surface area (Å²) in [5.41, 5.74) is -0.519. The molecule has 8 nitrogen and oxygen atoms in total. The maximum Gasteiger partial charge on any atom is 0.421 e. The monoisotopic (exact) mass is 585 g/mol. The second-order valence-electron chi connectivity index (χ2n) is 12.3. The van der Waals surface area contributed by atoms with Crippen LogP contribution in [0.1, 0.15) is 53.9 Å². The summed E-state index contributed by atoms with van der Waals surface area (Å²) in [5.74, 6) is -1.89. The lowest BCUT2D eigenvalue weighted by Gasteiger charge is -2.32. The summed E-state index contributed by atoms with van der Waals surface area (Å²) >= 11 is 0. The van der Waals surface area contributed by atoms with Crippen molar-refractivity contribution in [3.05, 3.63) is 35.8 Å². The van der Waals surface area contributed by atoms with Gasteiger partial charge in [-0.25, -0.2) is 4.39 Å². The molecular weight excluding hydrogens is 538 g/mol. The Kier molecular flexibility index (Phi) is 11.9. The average molecular weight is 586 g/mol. The Morgan fingerprint density at radius 3 is 2.37 bits per heavy atom. The lowest BCUT2D eigenvalue weighted by Crippen LogP contribution is -2.47. The summed E-state index contributed by atoms with van der Waals surface area (Å²) in [7, 11) is 5.38. The van der Waals surface area contributed by atoms with Gasteiger partial charge in [-0.05, 0) is 71.3 Å². The normalized spacial score (nSPS) is 18.8. The summed E-state index contributed by atoms with van der Waals surface area (Å²) < 4.78 is 56.8. The highest BCUT2D eigenvalue weighted by Crippen LogP contribution is 2.33. The van der Waals surface area contributed by atoms with Crippen molar-refractivity contribution in [2.45, 2.75) is 78.3 Å². The van der Waals surface area contributed by atoms with Crippen molar-refractivity contribution < 1.29 is 22.4 Å². The highest BCUT2D eigenvalue weighted by molar-refractivity contribution is 5.97. The van der Waals surface area contributed by atoms with E-state index in [0.717, 1.165) is 12.7 Å². The van der Waals surface area contributed by atoms with Crippen LogP contribution < -0.4 is 21.3 Å². The maximum atomic E-state index is 14.8. The van der Waals surface area contributed by atoms with Gasteiger partial charge in [-0.15, -0.1) is 0 Å². The fourth-order valence-corrected chi connectivity index (χ4v) is 5.24. The number of rotatable bonds is 13. The SMILES string of the molecule is CC(C)NC(=O)[C@H]1CCCC1N(C)C(=N)C(=CNC(C)Nc1ccc(NCC(C)(C)CN(C)C)c(F)c1)C(F)(F)F. The summed E-state index contributed by atoms with van der Waals surface area (Å²) in [5, 5.41) is 19.9. The number of halogens is 4. The smallest absolute Gasteiger partial charge is 0.382 e. The van der Waals surface area contributed by atoms with Crippen molar-refractivity contribution in [1.29, 1.82) is 5.41 Å². The number of amidine groups is 1. The molecule has 1 fully saturated rings. The fourth-order valence-electron chi connectivity index (χ4n) is 5.24. The first-order chi connectivity index (χ1) is 18.9. The van der Waals surface area contributed by atoms with Gasteiger partial charge in [0.05, 0.1) is 17.8 Å². The Balaban J connectivity index is 2.08. The number of hydrogen-bond acceptors (Lipinski definition) is 6. The van der Waals surface area contributed by atoms with E-state index in [9.17, 15) is 22.4 Å². The first-order valence-corrected chi connectivity index (χ1v) is 14.0. The molecule has 0 saturated heterocycles. The topological polar surface area (TPSA) is 95.5 Å². The van der Waals surface area contributed by atoms with Gasteiger partial charge in [0, 0.05) is 44.1 Å². The maximum absolute atomic E-state index is 14.8. The van der Waals surface area contributed by atoms with Gasteiger partial charge < -0.3 is 31.1 Å². The van der Waals surface area contributed by atoms with E-state index in [-0.39, 0.29) is 17.4 Å². The number of carbonyl (C=O) groups excluding carboxylic acids is 1. The van der Waals surface area contributed by atoms with Crippen LogP contribution in [0, 0.1) is 22.6 Å². The molecule has 1 amide bonds. The number of nitrogens with one attached hydrogen (secondary N) is 5. The molecule has 0 heterocycles. The zero-order valence-electron chi connectivity index (χ0n) is 25.5.